The molecule has 1 aliphatic rings. The second-order valence-corrected chi connectivity index (χ2v) is 5.50. The topological polar surface area (TPSA) is 64.6 Å². The van der Waals surface area contributed by atoms with Gasteiger partial charge in [-0.05, 0) is 47.9 Å². The number of benzene rings is 2. The molecule has 1 aliphatic heterocycles. The van der Waals surface area contributed by atoms with Gasteiger partial charge in [-0.25, -0.2) is 4.79 Å². The van der Waals surface area contributed by atoms with E-state index in [0.29, 0.717) is 17.0 Å². The molecule has 0 unspecified atom stereocenters. The van der Waals surface area contributed by atoms with Gasteiger partial charge >= 0.3 is 5.97 Å². The summed E-state index contributed by atoms with van der Waals surface area (Å²) in [5.41, 5.74) is 4.08. The van der Waals surface area contributed by atoms with Gasteiger partial charge in [0.1, 0.15) is 5.75 Å². The normalized spacial score (nSPS) is 13.2. The SMILES string of the molecule is COC(=O)c1ccc(C=Cc2cc(C)c3c(c2)NC(=O)CO3)cc1. The molecule has 2 aromatic carbocycles. The zero-order chi connectivity index (χ0) is 17.1. The number of hydrogen-bond acceptors (Lipinski definition) is 4. The molecule has 1 amide bonds. The molecule has 0 radical (unpaired) electrons. The Kier molecular flexibility index (Phi) is 4.33. The Morgan fingerprint density at radius 2 is 1.88 bits per heavy atom. The summed E-state index contributed by atoms with van der Waals surface area (Å²) in [6, 6.07) is 11.0. The summed E-state index contributed by atoms with van der Waals surface area (Å²) in [4.78, 5) is 22.9. The number of aryl methyl sites for hydroxylation is 1. The molecule has 5 nitrogen and oxygen atoms in total. The first-order valence-electron chi connectivity index (χ1n) is 7.50. The Bertz CT molecular complexity index is 822. The average molecular weight is 323 g/mol. The number of rotatable bonds is 3. The van der Waals surface area contributed by atoms with Gasteiger partial charge in [0.2, 0.25) is 0 Å². The first kappa shape index (κ1) is 15.8. The number of fused-ring (bicyclic) bond motifs is 1. The third-order valence-corrected chi connectivity index (χ3v) is 3.72. The molecule has 0 aromatic heterocycles. The first-order chi connectivity index (χ1) is 11.6. The lowest BCUT2D eigenvalue weighted by Gasteiger charge is -2.20. The van der Waals surface area contributed by atoms with Crippen LogP contribution < -0.4 is 10.1 Å². The van der Waals surface area contributed by atoms with Gasteiger partial charge in [0.05, 0.1) is 18.4 Å². The lowest BCUT2D eigenvalue weighted by atomic mass is 10.1. The predicted octanol–water partition coefficient (Wildman–Crippen LogP) is 3.28. The monoisotopic (exact) mass is 323 g/mol. The van der Waals surface area contributed by atoms with E-state index >= 15 is 0 Å². The number of carbonyl (C=O) groups is 2. The molecule has 0 aliphatic carbocycles. The first-order valence-corrected chi connectivity index (χ1v) is 7.50. The maximum Gasteiger partial charge on any atom is 0.337 e. The van der Waals surface area contributed by atoms with Crippen LogP contribution in [0.2, 0.25) is 0 Å². The molecular formula is C19H17NO4. The molecule has 0 bridgehead atoms. The summed E-state index contributed by atoms with van der Waals surface area (Å²) in [6.07, 6.45) is 3.88. The fourth-order valence-electron chi connectivity index (χ4n) is 2.55. The standard InChI is InChI=1S/C19H17NO4/c1-12-9-14(10-16-18(12)24-11-17(21)20-16)4-3-13-5-7-15(8-6-13)19(22)23-2/h3-10H,11H2,1-2H3,(H,20,21). The van der Waals surface area contributed by atoms with E-state index in [-0.39, 0.29) is 18.5 Å². The zero-order valence-electron chi connectivity index (χ0n) is 13.5. The van der Waals surface area contributed by atoms with Crippen LogP contribution in [0.4, 0.5) is 5.69 Å². The van der Waals surface area contributed by atoms with Crippen LogP contribution in [0.1, 0.15) is 27.0 Å². The molecule has 3 rings (SSSR count). The van der Waals surface area contributed by atoms with E-state index in [1.165, 1.54) is 7.11 Å². The number of hydrogen-bond donors (Lipinski definition) is 1. The van der Waals surface area contributed by atoms with Crippen molar-refractivity contribution in [2.45, 2.75) is 6.92 Å². The highest BCUT2D eigenvalue weighted by Gasteiger charge is 2.18. The van der Waals surface area contributed by atoms with Crippen LogP contribution in [-0.2, 0) is 9.53 Å². The number of nitrogens with one attached hydrogen (secondary N) is 1. The number of methoxy groups -OCH3 is 1. The van der Waals surface area contributed by atoms with Crippen molar-refractivity contribution in [2.75, 3.05) is 19.0 Å². The van der Waals surface area contributed by atoms with E-state index in [9.17, 15) is 9.59 Å². The Balaban J connectivity index is 1.82. The quantitative estimate of drug-likeness (QED) is 0.695. The molecule has 1 heterocycles. The van der Waals surface area contributed by atoms with Crippen molar-refractivity contribution in [1.82, 2.24) is 0 Å². The van der Waals surface area contributed by atoms with Gasteiger partial charge in [-0.2, -0.15) is 0 Å². The smallest absolute Gasteiger partial charge is 0.337 e. The number of esters is 1. The molecular weight excluding hydrogens is 306 g/mol. The van der Waals surface area contributed by atoms with Gasteiger partial charge in [0.25, 0.3) is 5.91 Å². The fourth-order valence-corrected chi connectivity index (χ4v) is 2.55. The molecule has 122 valence electrons. The van der Waals surface area contributed by atoms with Gasteiger partial charge in [0.15, 0.2) is 6.61 Å². The van der Waals surface area contributed by atoms with Crippen molar-refractivity contribution in [2.24, 2.45) is 0 Å². The van der Waals surface area contributed by atoms with E-state index in [4.69, 9.17) is 4.74 Å². The summed E-state index contributed by atoms with van der Waals surface area (Å²) in [7, 11) is 1.36. The van der Waals surface area contributed by atoms with Crippen molar-refractivity contribution in [3.8, 4) is 5.75 Å². The van der Waals surface area contributed by atoms with Gasteiger partial charge < -0.3 is 14.8 Å². The van der Waals surface area contributed by atoms with Crippen LogP contribution in [0.5, 0.6) is 5.75 Å². The van der Waals surface area contributed by atoms with Crippen LogP contribution in [0.25, 0.3) is 12.2 Å². The third-order valence-electron chi connectivity index (χ3n) is 3.72. The van der Waals surface area contributed by atoms with Gasteiger partial charge in [-0.1, -0.05) is 24.3 Å². The molecule has 2 aromatic rings. The molecule has 0 atom stereocenters. The minimum atomic E-state index is -0.355. The Morgan fingerprint density at radius 1 is 1.17 bits per heavy atom. The number of amides is 1. The van der Waals surface area contributed by atoms with Gasteiger partial charge in [-0.15, -0.1) is 0 Å². The maximum absolute atomic E-state index is 11.4. The Morgan fingerprint density at radius 3 is 2.58 bits per heavy atom. The third kappa shape index (κ3) is 3.30. The van der Waals surface area contributed by atoms with Crippen molar-refractivity contribution in [3.05, 3.63) is 58.7 Å². The molecule has 1 N–H and O–H groups in total. The summed E-state index contributed by atoms with van der Waals surface area (Å²) in [6.45, 7) is 1.99. The van der Waals surface area contributed by atoms with Gasteiger partial charge in [0, 0.05) is 0 Å². The molecule has 24 heavy (non-hydrogen) atoms. The highest BCUT2D eigenvalue weighted by molar-refractivity contribution is 5.96. The van der Waals surface area contributed by atoms with Crippen LogP contribution >= 0.6 is 0 Å². The lowest BCUT2D eigenvalue weighted by Crippen LogP contribution is -2.25. The fraction of sp³-hybridized carbons (Fsp3) is 0.158. The van der Waals surface area contributed by atoms with Crippen molar-refractivity contribution in [1.29, 1.82) is 0 Å². The Labute approximate surface area is 139 Å². The van der Waals surface area contributed by atoms with E-state index in [1.54, 1.807) is 12.1 Å². The van der Waals surface area contributed by atoms with Crippen LogP contribution in [0.3, 0.4) is 0 Å². The summed E-state index contributed by atoms with van der Waals surface area (Å²) in [5, 5.41) is 2.82. The van der Waals surface area contributed by atoms with Crippen LogP contribution in [-0.4, -0.2) is 25.6 Å². The highest BCUT2D eigenvalue weighted by Crippen LogP contribution is 2.33. The van der Waals surface area contributed by atoms with Crippen LogP contribution in [0, 0.1) is 6.92 Å². The number of ether oxygens (including phenoxy) is 2. The number of carbonyl (C=O) groups excluding carboxylic acids is 2. The van der Waals surface area contributed by atoms with Crippen molar-refractivity contribution < 1.29 is 19.1 Å². The van der Waals surface area contributed by atoms with E-state index in [2.05, 4.69) is 10.1 Å². The van der Waals surface area contributed by atoms with Gasteiger partial charge in [-0.3, -0.25) is 4.79 Å². The van der Waals surface area contributed by atoms with E-state index < -0.39 is 0 Å². The summed E-state index contributed by atoms with van der Waals surface area (Å²) >= 11 is 0. The molecule has 5 heteroatoms. The van der Waals surface area contributed by atoms with E-state index in [1.807, 2.05) is 43.3 Å². The van der Waals surface area contributed by atoms with Crippen molar-refractivity contribution >= 4 is 29.7 Å². The second-order valence-electron chi connectivity index (χ2n) is 5.50. The zero-order valence-corrected chi connectivity index (χ0v) is 13.5. The summed E-state index contributed by atoms with van der Waals surface area (Å²) in [5.74, 6) is 0.210. The number of anilines is 1. The lowest BCUT2D eigenvalue weighted by molar-refractivity contribution is -0.118. The molecule has 0 saturated carbocycles. The Hall–Kier alpha value is -3.08. The maximum atomic E-state index is 11.4. The second kappa shape index (κ2) is 6.58. The highest BCUT2D eigenvalue weighted by atomic mass is 16.5. The van der Waals surface area contributed by atoms with Crippen molar-refractivity contribution in [3.63, 3.8) is 0 Å². The molecule has 0 spiro atoms. The molecule has 0 fully saturated rings. The molecule has 0 saturated heterocycles. The predicted molar refractivity (Wildman–Crippen MR) is 92.0 cm³/mol. The largest absolute Gasteiger partial charge is 0.481 e. The van der Waals surface area contributed by atoms with Crippen LogP contribution in [0.15, 0.2) is 36.4 Å². The average Bonchev–Trinajstić information content (AvgIpc) is 2.59. The minimum Gasteiger partial charge on any atom is -0.481 e. The minimum absolute atomic E-state index is 0.0512. The van der Waals surface area contributed by atoms with E-state index in [0.717, 1.165) is 16.7 Å². The summed E-state index contributed by atoms with van der Waals surface area (Å²) < 4.78 is 10.1.